The molecular weight excluding hydrogens is 360 g/mol. The molecule has 0 aliphatic heterocycles. The number of thiol groups is 1. The van der Waals surface area contributed by atoms with Gasteiger partial charge < -0.3 is 14.9 Å². The van der Waals surface area contributed by atoms with E-state index in [1.54, 1.807) is 0 Å². The molecule has 0 saturated carbocycles. The highest BCUT2D eigenvalue weighted by Crippen LogP contribution is 2.24. The lowest BCUT2D eigenvalue weighted by molar-refractivity contribution is -0.148. The standard InChI is InChI=1S/C22H44O4S/c1-3-5-6-7-8-9-10-11-12-13-14-15-21(27)19(4-2)16-22(25)26-18-20(24)17-23/h19-21,23-24,27H,3-18H2,1-2H3. The number of ether oxygens (including phenoxy) is 1. The molecule has 4 nitrogen and oxygen atoms in total. The minimum absolute atomic E-state index is 0.137. The van der Waals surface area contributed by atoms with Crippen molar-refractivity contribution in [3.8, 4) is 0 Å². The summed E-state index contributed by atoms with van der Waals surface area (Å²) in [6, 6.07) is 0. The Kier molecular flexibility index (Phi) is 18.9. The summed E-state index contributed by atoms with van der Waals surface area (Å²) in [4.78, 5) is 11.8. The van der Waals surface area contributed by atoms with Crippen molar-refractivity contribution in [3.63, 3.8) is 0 Å². The summed E-state index contributed by atoms with van der Waals surface area (Å²) < 4.78 is 5.01. The largest absolute Gasteiger partial charge is 0.463 e. The van der Waals surface area contributed by atoms with Gasteiger partial charge in [-0.1, -0.05) is 90.9 Å². The topological polar surface area (TPSA) is 66.8 Å². The van der Waals surface area contributed by atoms with Crippen LogP contribution in [0.4, 0.5) is 0 Å². The van der Waals surface area contributed by atoms with Crippen LogP contribution in [0.3, 0.4) is 0 Å². The zero-order valence-electron chi connectivity index (χ0n) is 17.7. The van der Waals surface area contributed by atoms with E-state index in [4.69, 9.17) is 22.5 Å². The Balaban J connectivity index is 3.67. The van der Waals surface area contributed by atoms with Crippen LogP contribution in [-0.4, -0.2) is 40.8 Å². The van der Waals surface area contributed by atoms with Gasteiger partial charge in [0.05, 0.1) is 6.61 Å². The van der Waals surface area contributed by atoms with Crippen LogP contribution in [0.5, 0.6) is 0 Å². The van der Waals surface area contributed by atoms with Gasteiger partial charge in [-0.15, -0.1) is 0 Å². The molecule has 0 aliphatic rings. The van der Waals surface area contributed by atoms with Crippen molar-refractivity contribution in [1.82, 2.24) is 0 Å². The zero-order chi connectivity index (χ0) is 20.3. The minimum atomic E-state index is -0.989. The van der Waals surface area contributed by atoms with Gasteiger partial charge in [0.1, 0.15) is 12.7 Å². The van der Waals surface area contributed by atoms with E-state index in [0.29, 0.717) is 6.42 Å². The van der Waals surface area contributed by atoms with Crippen molar-refractivity contribution >= 4 is 18.6 Å². The minimum Gasteiger partial charge on any atom is -0.463 e. The van der Waals surface area contributed by atoms with Gasteiger partial charge in [0.25, 0.3) is 0 Å². The van der Waals surface area contributed by atoms with Crippen LogP contribution in [0.15, 0.2) is 0 Å². The summed E-state index contributed by atoms with van der Waals surface area (Å²) in [6.07, 6.45) is 15.9. The third kappa shape index (κ3) is 16.4. The van der Waals surface area contributed by atoms with Crippen LogP contribution in [0.25, 0.3) is 0 Å². The molecule has 0 spiro atoms. The Labute approximate surface area is 172 Å². The molecule has 0 amide bonds. The van der Waals surface area contributed by atoms with Crippen molar-refractivity contribution in [1.29, 1.82) is 0 Å². The molecular formula is C22H44O4S. The van der Waals surface area contributed by atoms with Crippen LogP contribution >= 0.6 is 12.6 Å². The predicted octanol–water partition coefficient (Wildman–Crippen LogP) is 5.30. The average Bonchev–Trinajstić information content (AvgIpc) is 2.68. The van der Waals surface area contributed by atoms with E-state index < -0.39 is 12.7 Å². The number of aliphatic hydroxyl groups is 2. The normalized spacial score (nSPS) is 14.7. The first-order valence-electron chi connectivity index (χ1n) is 11.2. The lowest BCUT2D eigenvalue weighted by Crippen LogP contribution is -2.25. The van der Waals surface area contributed by atoms with Gasteiger partial charge in [-0.05, 0) is 12.3 Å². The van der Waals surface area contributed by atoms with E-state index in [2.05, 4.69) is 13.8 Å². The Bertz CT molecular complexity index is 338. The van der Waals surface area contributed by atoms with E-state index >= 15 is 0 Å². The molecule has 3 unspecified atom stereocenters. The molecule has 0 aliphatic carbocycles. The second-order valence-corrected chi connectivity index (χ2v) is 8.45. The highest BCUT2D eigenvalue weighted by atomic mass is 32.1. The molecule has 0 radical (unpaired) electrons. The zero-order valence-corrected chi connectivity index (χ0v) is 18.6. The van der Waals surface area contributed by atoms with Crippen molar-refractivity contribution in [2.75, 3.05) is 13.2 Å². The van der Waals surface area contributed by atoms with Gasteiger partial charge in [0.2, 0.25) is 0 Å². The number of hydrogen-bond donors (Lipinski definition) is 3. The van der Waals surface area contributed by atoms with E-state index in [1.807, 2.05) is 0 Å². The van der Waals surface area contributed by atoms with Crippen molar-refractivity contribution < 1.29 is 19.7 Å². The van der Waals surface area contributed by atoms with Crippen LogP contribution in [0.2, 0.25) is 0 Å². The average molecular weight is 405 g/mol. The molecule has 162 valence electrons. The summed E-state index contributed by atoms with van der Waals surface area (Å²) in [5.41, 5.74) is 0. The number of carbonyl (C=O) groups excluding carboxylic acids is 1. The van der Waals surface area contributed by atoms with Crippen LogP contribution in [0, 0.1) is 5.92 Å². The Hall–Kier alpha value is -0.260. The first-order valence-corrected chi connectivity index (χ1v) is 11.7. The fourth-order valence-electron chi connectivity index (χ4n) is 3.32. The molecule has 0 saturated heterocycles. The summed E-state index contributed by atoms with van der Waals surface area (Å²) in [5.74, 6) is -0.109. The lowest BCUT2D eigenvalue weighted by atomic mass is 9.94. The quantitative estimate of drug-likeness (QED) is 0.155. The van der Waals surface area contributed by atoms with E-state index in [0.717, 1.165) is 12.8 Å². The Morgan fingerprint density at radius 1 is 0.926 bits per heavy atom. The fourth-order valence-corrected chi connectivity index (χ4v) is 3.82. The van der Waals surface area contributed by atoms with Crippen LogP contribution in [0.1, 0.15) is 104 Å². The molecule has 3 atom stereocenters. The first-order chi connectivity index (χ1) is 13.0. The smallest absolute Gasteiger partial charge is 0.306 e. The molecule has 27 heavy (non-hydrogen) atoms. The summed E-state index contributed by atoms with van der Waals surface area (Å²) in [5, 5.41) is 18.2. The van der Waals surface area contributed by atoms with Gasteiger partial charge in [-0.25, -0.2) is 0 Å². The van der Waals surface area contributed by atoms with E-state index in [-0.39, 0.29) is 23.7 Å². The molecule has 0 aromatic rings. The first kappa shape index (κ1) is 26.7. The van der Waals surface area contributed by atoms with Gasteiger partial charge in [-0.2, -0.15) is 12.6 Å². The third-order valence-electron chi connectivity index (χ3n) is 5.25. The van der Waals surface area contributed by atoms with Crippen LogP contribution < -0.4 is 0 Å². The van der Waals surface area contributed by atoms with Gasteiger partial charge >= 0.3 is 5.97 Å². The second-order valence-electron chi connectivity index (χ2n) is 7.78. The summed E-state index contributed by atoms with van der Waals surface area (Å²) >= 11 is 4.71. The number of aliphatic hydroxyl groups excluding tert-OH is 2. The Morgan fingerprint density at radius 3 is 1.93 bits per heavy atom. The molecule has 0 rings (SSSR count). The third-order valence-corrected chi connectivity index (χ3v) is 5.93. The molecule has 0 aromatic carbocycles. The number of carbonyl (C=O) groups is 1. The molecule has 2 N–H and O–H groups in total. The predicted molar refractivity (Wildman–Crippen MR) is 116 cm³/mol. The number of esters is 1. The number of hydrogen-bond acceptors (Lipinski definition) is 5. The van der Waals surface area contributed by atoms with Crippen molar-refractivity contribution in [2.24, 2.45) is 5.92 Å². The monoisotopic (exact) mass is 404 g/mol. The molecule has 5 heteroatoms. The summed E-state index contributed by atoms with van der Waals surface area (Å²) in [7, 11) is 0. The molecule has 0 heterocycles. The molecule has 0 aromatic heterocycles. The molecule has 0 bridgehead atoms. The number of unbranched alkanes of at least 4 members (excludes halogenated alkanes) is 10. The van der Waals surface area contributed by atoms with Gasteiger partial charge in [0, 0.05) is 11.7 Å². The van der Waals surface area contributed by atoms with Gasteiger partial charge in [0.15, 0.2) is 0 Å². The lowest BCUT2D eigenvalue weighted by Gasteiger charge is -2.21. The maximum atomic E-state index is 11.8. The Morgan fingerprint density at radius 2 is 1.44 bits per heavy atom. The maximum Gasteiger partial charge on any atom is 0.306 e. The van der Waals surface area contributed by atoms with E-state index in [1.165, 1.54) is 70.6 Å². The highest BCUT2D eigenvalue weighted by molar-refractivity contribution is 7.81. The van der Waals surface area contributed by atoms with Crippen LogP contribution in [-0.2, 0) is 9.53 Å². The summed E-state index contributed by atoms with van der Waals surface area (Å²) in [6.45, 7) is 3.80. The van der Waals surface area contributed by atoms with Gasteiger partial charge in [-0.3, -0.25) is 4.79 Å². The maximum absolute atomic E-state index is 11.8. The van der Waals surface area contributed by atoms with Crippen molar-refractivity contribution in [3.05, 3.63) is 0 Å². The van der Waals surface area contributed by atoms with E-state index in [9.17, 15) is 9.90 Å². The highest BCUT2D eigenvalue weighted by Gasteiger charge is 2.21. The van der Waals surface area contributed by atoms with Crippen molar-refractivity contribution in [2.45, 2.75) is 115 Å². The fraction of sp³-hybridized carbons (Fsp3) is 0.955. The second kappa shape index (κ2) is 19.1. The number of rotatable bonds is 19. The molecule has 0 fully saturated rings. The SMILES string of the molecule is CCCCCCCCCCCCCC(S)C(CC)CC(=O)OCC(O)CO.